The summed E-state index contributed by atoms with van der Waals surface area (Å²) in [5.41, 5.74) is -0.881. The Morgan fingerprint density at radius 3 is 2.64 bits per heavy atom. The Bertz CT molecular complexity index is 1010. The third-order valence-electron chi connectivity index (χ3n) is 4.77. The highest BCUT2D eigenvalue weighted by molar-refractivity contribution is 6.08. The van der Waals surface area contributed by atoms with Gasteiger partial charge < -0.3 is 19.2 Å². The van der Waals surface area contributed by atoms with Crippen molar-refractivity contribution in [3.8, 4) is 5.75 Å². The number of urea groups is 1. The molecule has 1 aromatic carbocycles. The van der Waals surface area contributed by atoms with Gasteiger partial charge in [-0.15, -0.1) is 0 Å². The summed E-state index contributed by atoms with van der Waals surface area (Å²) in [5, 5.41) is 3.15. The molecule has 0 bridgehead atoms. The lowest BCUT2D eigenvalue weighted by Crippen LogP contribution is -2.43. The first kappa shape index (κ1) is 19.4. The Morgan fingerprint density at radius 1 is 1.25 bits per heavy atom. The van der Waals surface area contributed by atoms with Crippen molar-refractivity contribution in [2.75, 3.05) is 13.7 Å². The van der Waals surface area contributed by atoms with Crippen molar-refractivity contribution in [2.45, 2.75) is 32.4 Å². The molecule has 2 aromatic rings. The maximum absolute atomic E-state index is 12.3. The van der Waals surface area contributed by atoms with Gasteiger partial charge >= 0.3 is 17.6 Å². The summed E-state index contributed by atoms with van der Waals surface area (Å²) >= 11 is 0. The number of esters is 1. The van der Waals surface area contributed by atoms with Crippen LogP contribution in [0, 0.1) is 0 Å². The van der Waals surface area contributed by atoms with Crippen LogP contribution in [0.15, 0.2) is 33.5 Å². The van der Waals surface area contributed by atoms with Gasteiger partial charge in [0.25, 0.3) is 5.91 Å². The molecule has 148 valence electrons. The van der Waals surface area contributed by atoms with E-state index in [9.17, 15) is 19.2 Å². The molecule has 0 aliphatic carbocycles. The van der Waals surface area contributed by atoms with Crippen molar-refractivity contribution < 1.29 is 28.3 Å². The van der Waals surface area contributed by atoms with Gasteiger partial charge in [-0.25, -0.2) is 9.59 Å². The lowest BCUT2D eigenvalue weighted by molar-refractivity contribution is -0.148. The fourth-order valence-electron chi connectivity index (χ4n) is 2.92. The molecule has 1 N–H and O–H groups in total. The maximum atomic E-state index is 12.3. The van der Waals surface area contributed by atoms with Crippen LogP contribution in [0.25, 0.3) is 11.0 Å². The van der Waals surface area contributed by atoms with E-state index in [1.54, 1.807) is 32.0 Å². The molecule has 9 heteroatoms. The highest BCUT2D eigenvalue weighted by Gasteiger charge is 2.47. The second-order valence-electron chi connectivity index (χ2n) is 6.62. The summed E-state index contributed by atoms with van der Waals surface area (Å²) < 4.78 is 15.4. The van der Waals surface area contributed by atoms with Gasteiger partial charge in [0.05, 0.1) is 7.11 Å². The van der Waals surface area contributed by atoms with Crippen LogP contribution in [0.5, 0.6) is 5.75 Å². The van der Waals surface area contributed by atoms with Crippen molar-refractivity contribution in [2.24, 2.45) is 0 Å². The van der Waals surface area contributed by atoms with Gasteiger partial charge in [0.2, 0.25) is 0 Å². The number of nitrogens with one attached hydrogen (secondary N) is 1. The second-order valence-corrected chi connectivity index (χ2v) is 6.62. The summed E-state index contributed by atoms with van der Waals surface area (Å²) in [4.78, 5) is 49.1. The molecule has 0 radical (unpaired) electrons. The summed E-state index contributed by atoms with van der Waals surface area (Å²) in [6.45, 7) is 2.65. The predicted octanol–water partition coefficient (Wildman–Crippen LogP) is 1.57. The Labute approximate surface area is 160 Å². The molecule has 3 rings (SSSR count). The van der Waals surface area contributed by atoms with E-state index in [-0.39, 0.29) is 6.61 Å². The number of rotatable bonds is 6. The number of hydrogen-bond acceptors (Lipinski definition) is 7. The van der Waals surface area contributed by atoms with Crippen LogP contribution >= 0.6 is 0 Å². The number of carbonyl (C=O) groups excluding carboxylic acids is 3. The first-order valence-corrected chi connectivity index (χ1v) is 8.68. The summed E-state index contributed by atoms with van der Waals surface area (Å²) in [7, 11) is 1.49. The van der Waals surface area contributed by atoms with E-state index in [4.69, 9.17) is 13.9 Å². The first-order chi connectivity index (χ1) is 13.3. The second kappa shape index (κ2) is 7.34. The quantitative estimate of drug-likeness (QED) is 0.454. The Hall–Kier alpha value is -3.36. The monoisotopic (exact) mass is 388 g/mol. The van der Waals surface area contributed by atoms with Gasteiger partial charge in [0.15, 0.2) is 0 Å². The Kier molecular flexibility index (Phi) is 5.08. The molecule has 1 aliphatic heterocycles. The number of amides is 3. The predicted molar refractivity (Wildman–Crippen MR) is 97.8 cm³/mol. The minimum absolute atomic E-state index is 0.206. The minimum atomic E-state index is -1.02. The fourth-order valence-corrected chi connectivity index (χ4v) is 2.92. The minimum Gasteiger partial charge on any atom is -0.497 e. The molecule has 1 aliphatic rings. The van der Waals surface area contributed by atoms with Crippen LogP contribution in [0.1, 0.15) is 25.8 Å². The zero-order valence-electron chi connectivity index (χ0n) is 15.7. The van der Waals surface area contributed by atoms with E-state index in [0.717, 1.165) is 4.90 Å². The van der Waals surface area contributed by atoms with Gasteiger partial charge in [-0.05, 0) is 25.5 Å². The number of hydrogen-bond donors (Lipinski definition) is 1. The zero-order chi connectivity index (χ0) is 20.5. The summed E-state index contributed by atoms with van der Waals surface area (Å²) in [6, 6.07) is 5.52. The van der Waals surface area contributed by atoms with Gasteiger partial charge in [-0.1, -0.05) is 6.92 Å². The van der Waals surface area contributed by atoms with Gasteiger partial charge in [0.1, 0.15) is 30.0 Å². The smallest absolute Gasteiger partial charge is 0.336 e. The van der Waals surface area contributed by atoms with Gasteiger partial charge in [-0.3, -0.25) is 14.5 Å². The van der Waals surface area contributed by atoms with E-state index in [1.807, 2.05) is 0 Å². The molecule has 0 saturated carbocycles. The molecule has 1 atom stereocenters. The third-order valence-corrected chi connectivity index (χ3v) is 4.77. The number of fused-ring (bicyclic) bond motifs is 1. The number of benzene rings is 1. The molecule has 2 heterocycles. The van der Waals surface area contributed by atoms with Crippen LogP contribution in [0.4, 0.5) is 4.79 Å². The number of nitrogens with zero attached hydrogens (tertiary/aromatic N) is 1. The average Bonchev–Trinajstić information content (AvgIpc) is 2.89. The van der Waals surface area contributed by atoms with Crippen molar-refractivity contribution in [1.29, 1.82) is 0 Å². The van der Waals surface area contributed by atoms with E-state index in [2.05, 4.69) is 5.32 Å². The number of carbonyl (C=O) groups is 3. The topological polar surface area (TPSA) is 115 Å². The molecular formula is C19H20N2O7. The molecule has 0 unspecified atom stereocenters. The van der Waals surface area contributed by atoms with E-state index in [0.29, 0.717) is 28.7 Å². The van der Waals surface area contributed by atoms with E-state index in [1.165, 1.54) is 13.2 Å². The molecule has 9 nitrogen and oxygen atoms in total. The Morgan fingerprint density at radius 2 is 2.00 bits per heavy atom. The lowest BCUT2D eigenvalue weighted by atomic mass is 9.99. The zero-order valence-corrected chi connectivity index (χ0v) is 15.7. The van der Waals surface area contributed by atoms with Crippen LogP contribution in [-0.2, 0) is 20.9 Å². The van der Waals surface area contributed by atoms with E-state index >= 15 is 0 Å². The molecule has 1 fully saturated rings. The number of methoxy groups -OCH3 is 1. The number of ether oxygens (including phenoxy) is 2. The normalized spacial score (nSPS) is 19.0. The van der Waals surface area contributed by atoms with Crippen molar-refractivity contribution in [3.05, 3.63) is 40.2 Å². The lowest BCUT2D eigenvalue weighted by Gasteiger charge is -2.18. The third kappa shape index (κ3) is 3.55. The van der Waals surface area contributed by atoms with Crippen LogP contribution in [-0.4, -0.2) is 42.0 Å². The molecule has 0 spiro atoms. The Balaban J connectivity index is 1.72. The number of imide groups is 1. The average molecular weight is 388 g/mol. The molecule has 28 heavy (non-hydrogen) atoms. The van der Waals surface area contributed by atoms with Crippen molar-refractivity contribution in [3.63, 3.8) is 0 Å². The van der Waals surface area contributed by atoms with Gasteiger partial charge in [0, 0.05) is 23.1 Å². The SMILES string of the molecule is CC[C@@]1(C)NC(=O)N(CC(=O)OCc2cc(=O)oc3cc(OC)ccc23)C1=O. The molecule has 1 saturated heterocycles. The highest BCUT2D eigenvalue weighted by atomic mass is 16.5. The van der Waals surface area contributed by atoms with Crippen LogP contribution in [0.3, 0.4) is 0 Å². The van der Waals surface area contributed by atoms with Crippen molar-refractivity contribution >= 4 is 28.9 Å². The summed E-state index contributed by atoms with van der Waals surface area (Å²) in [6.07, 6.45) is 0.401. The van der Waals surface area contributed by atoms with Crippen molar-refractivity contribution in [1.82, 2.24) is 10.2 Å². The van der Waals surface area contributed by atoms with Gasteiger partial charge in [-0.2, -0.15) is 0 Å². The first-order valence-electron chi connectivity index (χ1n) is 8.68. The van der Waals surface area contributed by atoms with E-state index < -0.39 is 35.6 Å². The van der Waals surface area contributed by atoms with Crippen LogP contribution in [0.2, 0.25) is 0 Å². The maximum Gasteiger partial charge on any atom is 0.336 e. The molecular weight excluding hydrogens is 368 g/mol. The molecule has 3 amide bonds. The fraction of sp³-hybridized carbons (Fsp3) is 0.368. The van der Waals surface area contributed by atoms with Crippen LogP contribution < -0.4 is 15.7 Å². The largest absolute Gasteiger partial charge is 0.497 e. The summed E-state index contributed by atoms with van der Waals surface area (Å²) in [5.74, 6) is -0.726. The molecule has 1 aromatic heterocycles. The standard InChI is InChI=1S/C19H20N2O7/c1-4-19(2)17(24)21(18(25)20-19)9-16(23)27-10-11-7-15(22)28-14-8-12(26-3)5-6-13(11)14/h5-8H,4,9-10H2,1-3H3,(H,20,25)/t19-/m1/s1. The highest BCUT2D eigenvalue weighted by Crippen LogP contribution is 2.23.